The number of aliphatic carboxylic acids is 1. The molecule has 3 rings (SSSR count). The second-order valence-corrected chi connectivity index (χ2v) is 6.38. The summed E-state index contributed by atoms with van der Waals surface area (Å²) in [6.45, 7) is 0.466. The molecule has 0 saturated heterocycles. The second-order valence-electron chi connectivity index (χ2n) is 6.38. The van der Waals surface area contributed by atoms with Crippen LogP contribution in [0.5, 0.6) is 5.75 Å². The van der Waals surface area contributed by atoms with Crippen LogP contribution in [0.25, 0.3) is 0 Å². The summed E-state index contributed by atoms with van der Waals surface area (Å²) in [5.74, 6) is -0.844. The van der Waals surface area contributed by atoms with Crippen LogP contribution in [0.3, 0.4) is 0 Å². The van der Waals surface area contributed by atoms with Crippen LogP contribution in [0.15, 0.2) is 18.2 Å². The Kier molecular flexibility index (Phi) is 4.87. The molecular weight excluding hydrogens is 315 g/mol. The number of carboxylic acids is 1. The summed E-state index contributed by atoms with van der Waals surface area (Å²) in [5, 5.41) is 14.8. The zero-order valence-electron chi connectivity index (χ0n) is 13.3. The van der Waals surface area contributed by atoms with E-state index >= 15 is 0 Å². The van der Waals surface area contributed by atoms with E-state index in [1.807, 2.05) is 0 Å². The van der Waals surface area contributed by atoms with E-state index < -0.39 is 5.97 Å². The maximum atomic E-state index is 13.4. The number of rotatable bonds is 3. The lowest BCUT2D eigenvalue weighted by atomic mass is 9.86. The van der Waals surface area contributed by atoms with Crippen molar-refractivity contribution in [3.05, 3.63) is 29.6 Å². The lowest BCUT2D eigenvalue weighted by Gasteiger charge is -2.30. The van der Waals surface area contributed by atoms with Gasteiger partial charge in [0.25, 0.3) is 0 Å². The molecule has 1 aliphatic carbocycles. The normalized spacial score (nSPS) is 26.0. The van der Waals surface area contributed by atoms with Gasteiger partial charge in [0, 0.05) is 18.0 Å². The molecule has 1 aromatic rings. The topological polar surface area (TPSA) is 87.7 Å². The highest BCUT2D eigenvalue weighted by molar-refractivity contribution is 5.75. The highest BCUT2D eigenvalue weighted by atomic mass is 19.1. The van der Waals surface area contributed by atoms with Gasteiger partial charge in [0.05, 0.1) is 18.6 Å². The molecular formula is C17H21FN2O4. The molecule has 24 heavy (non-hydrogen) atoms. The number of benzene rings is 1. The van der Waals surface area contributed by atoms with Crippen LogP contribution in [0.4, 0.5) is 9.18 Å². The smallest absolute Gasteiger partial charge is 0.315 e. The number of fused-ring (bicyclic) bond motifs is 1. The minimum Gasteiger partial charge on any atom is -0.493 e. The highest BCUT2D eigenvalue weighted by Gasteiger charge is 2.28. The molecule has 2 amide bonds. The molecule has 3 N–H and O–H groups in total. The first-order valence-corrected chi connectivity index (χ1v) is 8.25. The van der Waals surface area contributed by atoms with E-state index in [4.69, 9.17) is 9.84 Å². The van der Waals surface area contributed by atoms with Gasteiger partial charge in [-0.25, -0.2) is 9.18 Å². The summed E-state index contributed by atoms with van der Waals surface area (Å²) in [6.07, 6.45) is 3.04. The molecule has 7 heteroatoms. The summed E-state index contributed by atoms with van der Waals surface area (Å²) in [7, 11) is 0. The van der Waals surface area contributed by atoms with Crippen molar-refractivity contribution >= 4 is 12.0 Å². The summed E-state index contributed by atoms with van der Waals surface area (Å²) in [4.78, 5) is 23.2. The molecule has 1 aliphatic heterocycles. The number of carboxylic acid groups (broad SMARTS) is 1. The summed E-state index contributed by atoms with van der Waals surface area (Å²) in [5.41, 5.74) is 0.644. The van der Waals surface area contributed by atoms with Crippen molar-refractivity contribution < 1.29 is 23.8 Å². The Morgan fingerprint density at radius 3 is 2.58 bits per heavy atom. The van der Waals surface area contributed by atoms with Crippen LogP contribution < -0.4 is 15.4 Å². The minimum atomic E-state index is -0.765. The quantitative estimate of drug-likeness (QED) is 0.792. The van der Waals surface area contributed by atoms with Gasteiger partial charge in [0.2, 0.25) is 0 Å². The molecule has 130 valence electrons. The first-order valence-electron chi connectivity index (χ1n) is 8.25. The number of halogens is 1. The number of carbonyl (C=O) groups excluding carboxylic acids is 1. The summed E-state index contributed by atoms with van der Waals surface area (Å²) < 4.78 is 18.9. The first-order chi connectivity index (χ1) is 11.5. The fourth-order valence-electron chi connectivity index (χ4n) is 3.39. The number of nitrogens with one attached hydrogen (secondary N) is 2. The van der Waals surface area contributed by atoms with Crippen molar-refractivity contribution in [2.75, 3.05) is 6.61 Å². The zero-order valence-corrected chi connectivity index (χ0v) is 13.3. The number of hydrogen-bond donors (Lipinski definition) is 3. The van der Waals surface area contributed by atoms with Crippen LogP contribution in [0.2, 0.25) is 0 Å². The van der Waals surface area contributed by atoms with Crippen molar-refractivity contribution in [3.8, 4) is 5.75 Å². The number of ether oxygens (including phenoxy) is 1. The Morgan fingerprint density at radius 2 is 1.88 bits per heavy atom. The van der Waals surface area contributed by atoms with Crippen LogP contribution in [0.1, 0.15) is 43.7 Å². The molecule has 0 spiro atoms. The van der Waals surface area contributed by atoms with Gasteiger partial charge in [0.1, 0.15) is 11.6 Å². The average Bonchev–Trinajstić information content (AvgIpc) is 2.56. The second kappa shape index (κ2) is 7.07. The van der Waals surface area contributed by atoms with Gasteiger partial charge < -0.3 is 20.5 Å². The van der Waals surface area contributed by atoms with Gasteiger partial charge in [-0.1, -0.05) is 0 Å². The Labute approximate surface area is 139 Å². The monoisotopic (exact) mass is 336 g/mol. The van der Waals surface area contributed by atoms with E-state index in [1.165, 1.54) is 12.1 Å². The minimum absolute atomic E-state index is 0.0209. The average molecular weight is 336 g/mol. The molecule has 1 atom stereocenters. The largest absolute Gasteiger partial charge is 0.493 e. The molecule has 0 bridgehead atoms. The van der Waals surface area contributed by atoms with Crippen molar-refractivity contribution in [1.29, 1.82) is 0 Å². The molecule has 6 nitrogen and oxygen atoms in total. The molecule has 2 aliphatic rings. The number of hydrogen-bond acceptors (Lipinski definition) is 3. The SMILES string of the molecule is O=C(NC1CCC(C(=O)O)CC1)NC1CCOc2ccc(F)cc21. The lowest BCUT2D eigenvalue weighted by Crippen LogP contribution is -2.46. The van der Waals surface area contributed by atoms with E-state index in [1.54, 1.807) is 6.07 Å². The fourth-order valence-corrected chi connectivity index (χ4v) is 3.39. The van der Waals surface area contributed by atoms with Gasteiger partial charge in [-0.15, -0.1) is 0 Å². The van der Waals surface area contributed by atoms with Crippen LogP contribution in [0, 0.1) is 11.7 Å². The predicted molar refractivity (Wildman–Crippen MR) is 84.3 cm³/mol. The Hall–Kier alpha value is -2.31. The van der Waals surface area contributed by atoms with E-state index in [2.05, 4.69) is 10.6 Å². The van der Waals surface area contributed by atoms with E-state index in [-0.39, 0.29) is 29.8 Å². The number of urea groups is 1. The Balaban J connectivity index is 1.55. The molecule has 1 fully saturated rings. The zero-order chi connectivity index (χ0) is 17.1. The Bertz CT molecular complexity index is 629. The fraction of sp³-hybridized carbons (Fsp3) is 0.529. The van der Waals surface area contributed by atoms with Crippen molar-refractivity contribution in [2.45, 2.75) is 44.2 Å². The number of amides is 2. The van der Waals surface area contributed by atoms with Crippen LogP contribution >= 0.6 is 0 Å². The standard InChI is InChI=1S/C17H21FN2O4/c18-11-3-6-15-13(9-11)14(7-8-24-15)20-17(23)19-12-4-1-10(2-5-12)16(21)22/h3,6,9-10,12,14H,1-2,4-5,7-8H2,(H,21,22)(H2,19,20,23). The first kappa shape index (κ1) is 16.5. The van der Waals surface area contributed by atoms with Crippen molar-refractivity contribution in [2.24, 2.45) is 5.92 Å². The highest BCUT2D eigenvalue weighted by Crippen LogP contribution is 2.32. The van der Waals surface area contributed by atoms with E-state index in [0.717, 1.165) is 0 Å². The van der Waals surface area contributed by atoms with Gasteiger partial charge >= 0.3 is 12.0 Å². The summed E-state index contributed by atoms with van der Waals surface area (Å²) in [6, 6.07) is 3.67. The molecule has 1 aromatic carbocycles. The van der Waals surface area contributed by atoms with Gasteiger partial charge in [-0.3, -0.25) is 4.79 Å². The molecule has 0 radical (unpaired) electrons. The maximum absolute atomic E-state index is 13.4. The predicted octanol–water partition coefficient (Wildman–Crippen LogP) is 2.59. The third kappa shape index (κ3) is 3.77. The lowest BCUT2D eigenvalue weighted by molar-refractivity contribution is -0.142. The van der Waals surface area contributed by atoms with Crippen molar-refractivity contribution in [1.82, 2.24) is 10.6 Å². The molecule has 1 heterocycles. The summed E-state index contributed by atoms with van der Waals surface area (Å²) >= 11 is 0. The molecule has 0 aromatic heterocycles. The van der Waals surface area contributed by atoms with Crippen LogP contribution in [-0.4, -0.2) is 29.8 Å². The Morgan fingerprint density at radius 1 is 1.12 bits per heavy atom. The van der Waals surface area contributed by atoms with Gasteiger partial charge in [0.15, 0.2) is 0 Å². The molecule has 1 unspecified atom stereocenters. The van der Waals surface area contributed by atoms with E-state index in [9.17, 15) is 14.0 Å². The molecule has 1 saturated carbocycles. The number of carbonyl (C=O) groups is 2. The van der Waals surface area contributed by atoms with Gasteiger partial charge in [-0.05, 0) is 43.9 Å². The third-order valence-corrected chi connectivity index (χ3v) is 4.73. The van der Waals surface area contributed by atoms with Crippen molar-refractivity contribution in [3.63, 3.8) is 0 Å². The van der Waals surface area contributed by atoms with E-state index in [0.29, 0.717) is 50.0 Å². The van der Waals surface area contributed by atoms with Gasteiger partial charge in [-0.2, -0.15) is 0 Å². The van der Waals surface area contributed by atoms with Crippen LogP contribution in [-0.2, 0) is 4.79 Å². The maximum Gasteiger partial charge on any atom is 0.315 e. The third-order valence-electron chi connectivity index (χ3n) is 4.73.